The van der Waals surface area contributed by atoms with E-state index < -0.39 is 11.7 Å². The number of halogens is 3. The van der Waals surface area contributed by atoms with Crippen LogP contribution in [0, 0.1) is 5.92 Å². The second-order valence-corrected chi connectivity index (χ2v) is 7.34. The molecule has 0 radical (unpaired) electrons. The van der Waals surface area contributed by atoms with Gasteiger partial charge in [0, 0.05) is 26.1 Å². The fourth-order valence-corrected chi connectivity index (χ4v) is 3.74. The molecule has 1 unspecified atom stereocenters. The maximum atomic E-state index is 12.9. The second-order valence-electron chi connectivity index (χ2n) is 6.56. The Balaban J connectivity index is 1.62. The summed E-state index contributed by atoms with van der Waals surface area (Å²) in [7, 11) is 0. The van der Waals surface area contributed by atoms with Crippen LogP contribution < -0.4 is 5.32 Å². The fraction of sp³-hybridized carbons (Fsp3) is 0.368. The van der Waals surface area contributed by atoms with Gasteiger partial charge in [0.1, 0.15) is 0 Å². The molecule has 1 fully saturated rings. The van der Waals surface area contributed by atoms with Crippen LogP contribution in [0.2, 0.25) is 0 Å². The maximum absolute atomic E-state index is 12.9. The van der Waals surface area contributed by atoms with Gasteiger partial charge in [-0.15, -0.1) is 0 Å². The summed E-state index contributed by atoms with van der Waals surface area (Å²) in [6.07, 6.45) is -3.76. The van der Waals surface area contributed by atoms with Crippen molar-refractivity contribution in [2.75, 3.05) is 6.54 Å². The minimum Gasteiger partial charge on any atom is -0.352 e. The van der Waals surface area contributed by atoms with Gasteiger partial charge in [-0.2, -0.15) is 24.5 Å². The summed E-state index contributed by atoms with van der Waals surface area (Å²) in [4.78, 5) is 26.0. The van der Waals surface area contributed by atoms with E-state index in [9.17, 15) is 22.8 Å². The van der Waals surface area contributed by atoms with E-state index in [4.69, 9.17) is 0 Å². The first kappa shape index (κ1) is 19.4. The zero-order chi connectivity index (χ0) is 19.4. The molecular weight excluding hydrogens is 377 g/mol. The summed E-state index contributed by atoms with van der Waals surface area (Å²) >= 11 is 1.55. The number of likely N-dealkylation sites (tertiary alicyclic amines) is 1. The molecule has 8 heteroatoms. The lowest BCUT2D eigenvalue weighted by Crippen LogP contribution is -2.45. The molecular formula is C19H19F3N2O2S. The average molecular weight is 396 g/mol. The van der Waals surface area contributed by atoms with Crippen molar-refractivity contribution in [2.45, 2.75) is 32.1 Å². The van der Waals surface area contributed by atoms with Gasteiger partial charge in [0.05, 0.1) is 11.5 Å². The highest BCUT2D eigenvalue weighted by Gasteiger charge is 2.32. The minimum atomic E-state index is -4.42. The molecule has 27 heavy (non-hydrogen) atoms. The van der Waals surface area contributed by atoms with Gasteiger partial charge >= 0.3 is 6.18 Å². The molecule has 0 saturated carbocycles. The number of hydrogen-bond acceptors (Lipinski definition) is 3. The number of carbonyl (C=O) groups is 2. The van der Waals surface area contributed by atoms with Crippen molar-refractivity contribution in [1.29, 1.82) is 0 Å². The predicted octanol–water partition coefficient (Wildman–Crippen LogP) is 3.82. The largest absolute Gasteiger partial charge is 0.416 e. The van der Waals surface area contributed by atoms with Crippen molar-refractivity contribution in [3.63, 3.8) is 0 Å². The van der Waals surface area contributed by atoms with Gasteiger partial charge in [0.15, 0.2) is 0 Å². The number of benzene rings is 1. The molecule has 3 rings (SSSR count). The number of alkyl halides is 3. The molecule has 144 valence electrons. The van der Waals surface area contributed by atoms with Crippen molar-refractivity contribution >= 4 is 23.2 Å². The van der Waals surface area contributed by atoms with Crippen LogP contribution in [0.3, 0.4) is 0 Å². The summed E-state index contributed by atoms with van der Waals surface area (Å²) in [5, 5.41) is 6.74. The van der Waals surface area contributed by atoms with E-state index in [0.29, 0.717) is 18.5 Å². The van der Waals surface area contributed by atoms with E-state index in [1.54, 1.807) is 17.4 Å². The number of carbonyl (C=O) groups excluding carboxylic acids is 2. The van der Waals surface area contributed by atoms with Crippen LogP contribution in [0.1, 0.15) is 29.5 Å². The Labute approximate surface area is 159 Å². The highest BCUT2D eigenvalue weighted by Crippen LogP contribution is 2.30. The maximum Gasteiger partial charge on any atom is 0.416 e. The number of nitrogens with one attached hydrogen (secondary N) is 1. The lowest BCUT2D eigenvalue weighted by molar-refractivity contribution is -0.139. The fourth-order valence-electron chi connectivity index (χ4n) is 3.07. The van der Waals surface area contributed by atoms with E-state index in [1.807, 2.05) is 16.8 Å². The summed E-state index contributed by atoms with van der Waals surface area (Å²) < 4.78 is 38.6. The molecule has 1 N–H and O–H groups in total. The van der Waals surface area contributed by atoms with Crippen LogP contribution in [0.5, 0.6) is 0 Å². The Kier molecular flexibility index (Phi) is 5.84. The van der Waals surface area contributed by atoms with Gasteiger partial charge in [0.25, 0.3) is 0 Å². The van der Waals surface area contributed by atoms with Crippen molar-refractivity contribution in [3.05, 3.63) is 57.8 Å². The molecule has 1 aromatic carbocycles. The number of amides is 2. The molecule has 0 spiro atoms. The van der Waals surface area contributed by atoms with Crippen molar-refractivity contribution in [2.24, 2.45) is 5.92 Å². The molecule has 4 nitrogen and oxygen atoms in total. The number of piperidine rings is 1. The highest BCUT2D eigenvalue weighted by molar-refractivity contribution is 7.07. The zero-order valence-corrected chi connectivity index (χ0v) is 15.3. The molecule has 1 aliphatic heterocycles. The Morgan fingerprint density at radius 1 is 1.26 bits per heavy atom. The Morgan fingerprint density at radius 2 is 2.07 bits per heavy atom. The van der Waals surface area contributed by atoms with E-state index in [2.05, 4.69) is 5.32 Å². The van der Waals surface area contributed by atoms with E-state index in [1.165, 1.54) is 11.0 Å². The summed E-state index contributed by atoms with van der Waals surface area (Å²) in [6, 6.07) is 6.87. The first-order valence-corrected chi connectivity index (χ1v) is 9.50. The highest BCUT2D eigenvalue weighted by atomic mass is 32.1. The number of nitrogens with zero attached hydrogens (tertiary/aromatic N) is 1. The zero-order valence-electron chi connectivity index (χ0n) is 14.5. The van der Waals surface area contributed by atoms with Gasteiger partial charge in [-0.3, -0.25) is 9.59 Å². The van der Waals surface area contributed by atoms with Crippen LogP contribution in [0.15, 0.2) is 41.1 Å². The third kappa shape index (κ3) is 5.09. The third-order valence-corrected chi connectivity index (χ3v) is 5.28. The summed E-state index contributed by atoms with van der Waals surface area (Å²) in [5.41, 5.74) is 0.674. The molecule has 1 atom stereocenters. The Hall–Kier alpha value is -2.35. The van der Waals surface area contributed by atoms with Gasteiger partial charge in [-0.25, -0.2) is 0 Å². The smallest absolute Gasteiger partial charge is 0.352 e. The molecule has 2 heterocycles. The first-order valence-electron chi connectivity index (χ1n) is 8.55. The number of thiophene rings is 1. The van der Waals surface area contributed by atoms with Gasteiger partial charge in [0.2, 0.25) is 11.8 Å². The molecule has 0 bridgehead atoms. The predicted molar refractivity (Wildman–Crippen MR) is 95.8 cm³/mol. The molecule has 2 amide bonds. The van der Waals surface area contributed by atoms with Crippen molar-refractivity contribution in [1.82, 2.24) is 10.2 Å². The average Bonchev–Trinajstić information content (AvgIpc) is 3.14. The number of rotatable bonds is 5. The molecule has 2 aromatic rings. The Morgan fingerprint density at radius 3 is 2.78 bits per heavy atom. The molecule has 1 aliphatic rings. The van der Waals surface area contributed by atoms with E-state index in [0.717, 1.165) is 17.7 Å². The first-order chi connectivity index (χ1) is 12.8. The van der Waals surface area contributed by atoms with Crippen molar-refractivity contribution < 1.29 is 22.8 Å². The van der Waals surface area contributed by atoms with E-state index >= 15 is 0 Å². The van der Waals surface area contributed by atoms with Crippen molar-refractivity contribution in [3.8, 4) is 0 Å². The molecule has 1 saturated heterocycles. The van der Waals surface area contributed by atoms with Gasteiger partial charge in [-0.05, 0) is 46.5 Å². The van der Waals surface area contributed by atoms with Gasteiger partial charge < -0.3 is 10.2 Å². The SMILES string of the molecule is O=C(NCc1ccsc1)C1CCC(=O)N(Cc2cccc(C(F)(F)F)c2)C1. The van der Waals surface area contributed by atoms with E-state index in [-0.39, 0.29) is 37.2 Å². The van der Waals surface area contributed by atoms with Crippen LogP contribution in [0.4, 0.5) is 13.2 Å². The third-order valence-electron chi connectivity index (χ3n) is 4.55. The topological polar surface area (TPSA) is 49.4 Å². The lowest BCUT2D eigenvalue weighted by Gasteiger charge is -2.32. The standard InChI is InChI=1S/C19H19F3N2O2S/c20-19(21,22)16-3-1-2-13(8-16)10-24-11-15(4-5-17(24)25)18(26)23-9-14-6-7-27-12-14/h1-3,6-8,12,15H,4-5,9-11H2,(H,23,26). The minimum absolute atomic E-state index is 0.0665. The lowest BCUT2D eigenvalue weighted by atomic mass is 9.96. The van der Waals surface area contributed by atoms with Crippen LogP contribution in [-0.2, 0) is 28.9 Å². The quantitative estimate of drug-likeness (QED) is 0.835. The van der Waals surface area contributed by atoms with Crippen LogP contribution in [0.25, 0.3) is 0 Å². The van der Waals surface area contributed by atoms with Gasteiger partial charge in [-0.1, -0.05) is 12.1 Å². The second kappa shape index (κ2) is 8.12. The molecule has 1 aromatic heterocycles. The molecule has 0 aliphatic carbocycles. The van der Waals surface area contributed by atoms with Crippen LogP contribution >= 0.6 is 11.3 Å². The Bertz CT molecular complexity index is 806. The van der Waals surface area contributed by atoms with Crippen LogP contribution in [-0.4, -0.2) is 23.3 Å². The normalized spacial score (nSPS) is 17.8. The summed E-state index contributed by atoms with van der Waals surface area (Å²) in [5.74, 6) is -0.635. The monoisotopic (exact) mass is 396 g/mol. The summed E-state index contributed by atoms with van der Waals surface area (Å²) in [6.45, 7) is 0.710. The number of hydrogen-bond donors (Lipinski definition) is 1.